The summed E-state index contributed by atoms with van der Waals surface area (Å²) in [6, 6.07) is 7.08. The van der Waals surface area contributed by atoms with Gasteiger partial charge in [-0.15, -0.1) is 10.2 Å². The molecule has 2 heterocycles. The van der Waals surface area contributed by atoms with Gasteiger partial charge in [0.2, 0.25) is 11.8 Å². The Morgan fingerprint density at radius 1 is 1.03 bits per heavy atom. The minimum atomic E-state index is -0.491. The monoisotopic (exact) mass is 492 g/mol. The van der Waals surface area contributed by atoms with Crippen molar-refractivity contribution in [2.24, 2.45) is 0 Å². The minimum absolute atomic E-state index is 0.0155. The molecule has 2 aromatic heterocycles. The molecule has 0 saturated heterocycles. The third-order valence-corrected chi connectivity index (χ3v) is 5.87. The van der Waals surface area contributed by atoms with E-state index in [0.29, 0.717) is 23.6 Å². The molecule has 0 N–H and O–H groups in total. The van der Waals surface area contributed by atoms with Crippen molar-refractivity contribution < 1.29 is 9.21 Å². The molecule has 0 aliphatic carbocycles. The summed E-state index contributed by atoms with van der Waals surface area (Å²) in [5.74, 6) is -0.0120. The van der Waals surface area contributed by atoms with Gasteiger partial charge in [-0.1, -0.05) is 77.1 Å². The maximum atomic E-state index is 13.0. The summed E-state index contributed by atoms with van der Waals surface area (Å²) in [5, 5.41) is 8.26. The second-order valence-electron chi connectivity index (χ2n) is 5.90. The topological polar surface area (TPSA) is 72.1 Å². The van der Waals surface area contributed by atoms with Gasteiger partial charge in [-0.25, -0.2) is 4.98 Å². The minimum Gasteiger partial charge on any atom is -0.419 e. The van der Waals surface area contributed by atoms with Crippen LogP contribution in [0.4, 0.5) is 0 Å². The van der Waals surface area contributed by atoms with E-state index in [9.17, 15) is 4.79 Å². The average molecular weight is 495 g/mol. The first-order chi connectivity index (χ1) is 13.8. The highest BCUT2D eigenvalue weighted by Crippen LogP contribution is 2.36. The molecule has 3 rings (SSSR count). The molecular formula is C18H13Cl5N4O2. The van der Waals surface area contributed by atoms with Crippen molar-refractivity contribution in [2.75, 3.05) is 6.54 Å². The Kier molecular flexibility index (Phi) is 7.24. The van der Waals surface area contributed by atoms with Crippen molar-refractivity contribution >= 4 is 63.9 Å². The Morgan fingerprint density at radius 2 is 1.76 bits per heavy atom. The van der Waals surface area contributed by atoms with Gasteiger partial charge in [-0.3, -0.25) is 4.79 Å². The molecule has 1 amide bonds. The van der Waals surface area contributed by atoms with E-state index in [1.165, 1.54) is 4.90 Å². The summed E-state index contributed by atoms with van der Waals surface area (Å²) in [6.45, 7) is 2.35. The molecule has 0 atom stereocenters. The van der Waals surface area contributed by atoms with Crippen molar-refractivity contribution in [3.8, 4) is 11.5 Å². The Labute approximate surface area is 191 Å². The van der Waals surface area contributed by atoms with Crippen molar-refractivity contribution in [3.05, 3.63) is 61.1 Å². The van der Waals surface area contributed by atoms with Gasteiger partial charge in [0.25, 0.3) is 5.91 Å². The standard InChI is InChI=1S/C18H13Cl5N4O2/c1-2-7-27(18(28)15-13(21)12(20)14(22)16(23)24-15)8-11-25-26-17(29-11)9-5-3-4-6-10(9)19/h3-6H,2,7-8H2,1H3. The molecule has 11 heteroatoms. The van der Waals surface area contributed by atoms with Crippen LogP contribution in [0.2, 0.25) is 25.2 Å². The lowest BCUT2D eigenvalue weighted by Gasteiger charge is -2.20. The number of halogens is 5. The summed E-state index contributed by atoms with van der Waals surface area (Å²) in [7, 11) is 0. The van der Waals surface area contributed by atoms with Gasteiger partial charge in [-0.2, -0.15) is 0 Å². The Balaban J connectivity index is 1.88. The lowest BCUT2D eigenvalue weighted by Crippen LogP contribution is -2.32. The van der Waals surface area contributed by atoms with Crippen LogP contribution in [0.1, 0.15) is 29.7 Å². The zero-order chi connectivity index (χ0) is 21.1. The summed E-state index contributed by atoms with van der Waals surface area (Å²) >= 11 is 30.3. The van der Waals surface area contributed by atoms with Crippen LogP contribution < -0.4 is 0 Å². The molecule has 0 bridgehead atoms. The van der Waals surface area contributed by atoms with Crippen molar-refractivity contribution in [1.82, 2.24) is 20.1 Å². The molecule has 0 saturated carbocycles. The molecule has 6 nitrogen and oxygen atoms in total. The Hall–Kier alpha value is -1.57. The quantitative estimate of drug-likeness (QED) is 0.368. The predicted octanol–water partition coefficient (Wildman–Crippen LogP) is 6.45. The predicted molar refractivity (Wildman–Crippen MR) is 114 cm³/mol. The number of pyridine rings is 1. The van der Waals surface area contributed by atoms with Gasteiger partial charge < -0.3 is 9.32 Å². The van der Waals surface area contributed by atoms with E-state index >= 15 is 0 Å². The van der Waals surface area contributed by atoms with E-state index in [1.807, 2.05) is 6.92 Å². The fourth-order valence-electron chi connectivity index (χ4n) is 2.53. The average Bonchev–Trinajstić information content (AvgIpc) is 3.17. The van der Waals surface area contributed by atoms with Crippen LogP contribution in [0.25, 0.3) is 11.5 Å². The maximum Gasteiger partial charge on any atom is 0.274 e. The summed E-state index contributed by atoms with van der Waals surface area (Å²) < 4.78 is 5.68. The second kappa shape index (κ2) is 9.49. The number of hydrogen-bond donors (Lipinski definition) is 0. The molecule has 152 valence electrons. The molecular weight excluding hydrogens is 481 g/mol. The summed E-state index contributed by atoms with van der Waals surface area (Å²) in [6.07, 6.45) is 0.671. The maximum absolute atomic E-state index is 13.0. The highest BCUT2D eigenvalue weighted by molar-refractivity contribution is 6.52. The highest BCUT2D eigenvalue weighted by Gasteiger charge is 2.26. The third-order valence-electron chi connectivity index (χ3n) is 3.86. The van der Waals surface area contributed by atoms with Crippen molar-refractivity contribution in [3.63, 3.8) is 0 Å². The number of amides is 1. The van der Waals surface area contributed by atoms with Gasteiger partial charge in [0.15, 0.2) is 0 Å². The molecule has 0 radical (unpaired) electrons. The first-order valence-electron chi connectivity index (χ1n) is 8.40. The first-order valence-corrected chi connectivity index (χ1v) is 10.3. The van der Waals surface area contributed by atoms with E-state index < -0.39 is 5.91 Å². The highest BCUT2D eigenvalue weighted by atomic mass is 35.5. The van der Waals surface area contributed by atoms with Gasteiger partial charge in [0.05, 0.1) is 32.2 Å². The van der Waals surface area contributed by atoms with E-state index in [1.54, 1.807) is 24.3 Å². The smallest absolute Gasteiger partial charge is 0.274 e. The van der Waals surface area contributed by atoms with Crippen molar-refractivity contribution in [2.45, 2.75) is 19.9 Å². The van der Waals surface area contributed by atoms with Gasteiger partial charge >= 0.3 is 0 Å². The normalized spacial score (nSPS) is 11.0. The molecule has 0 aliphatic rings. The van der Waals surface area contributed by atoms with Crippen LogP contribution in [0, 0.1) is 0 Å². The molecule has 1 aromatic carbocycles. The van der Waals surface area contributed by atoms with E-state index in [0.717, 1.165) is 0 Å². The van der Waals surface area contributed by atoms with E-state index in [-0.39, 0.29) is 44.2 Å². The van der Waals surface area contributed by atoms with E-state index in [2.05, 4.69) is 15.2 Å². The number of nitrogens with zero attached hydrogens (tertiary/aromatic N) is 4. The van der Waals surface area contributed by atoms with Crippen LogP contribution in [0.5, 0.6) is 0 Å². The third kappa shape index (κ3) is 4.78. The van der Waals surface area contributed by atoms with Crippen LogP contribution >= 0.6 is 58.0 Å². The summed E-state index contributed by atoms with van der Waals surface area (Å²) in [5.41, 5.74) is 0.493. The van der Waals surface area contributed by atoms with Gasteiger partial charge in [0.1, 0.15) is 10.8 Å². The van der Waals surface area contributed by atoms with Crippen LogP contribution in [-0.4, -0.2) is 32.5 Å². The zero-order valence-corrected chi connectivity index (χ0v) is 18.7. The number of carbonyl (C=O) groups excluding carboxylic acids is 1. The van der Waals surface area contributed by atoms with Crippen molar-refractivity contribution in [1.29, 1.82) is 0 Å². The largest absolute Gasteiger partial charge is 0.419 e. The number of rotatable bonds is 6. The Morgan fingerprint density at radius 3 is 2.45 bits per heavy atom. The van der Waals surface area contributed by atoms with Gasteiger partial charge in [0, 0.05) is 6.54 Å². The van der Waals surface area contributed by atoms with Crippen LogP contribution in [-0.2, 0) is 6.54 Å². The Bertz CT molecular complexity index is 1060. The SMILES string of the molecule is CCCN(Cc1nnc(-c2ccccc2Cl)o1)C(=O)c1nc(Cl)c(Cl)c(Cl)c1Cl. The van der Waals surface area contributed by atoms with Crippen LogP contribution in [0.3, 0.4) is 0 Å². The van der Waals surface area contributed by atoms with Crippen LogP contribution in [0.15, 0.2) is 28.7 Å². The first kappa shape index (κ1) is 22.1. The molecule has 0 aliphatic heterocycles. The number of benzene rings is 1. The number of aromatic nitrogens is 3. The fourth-order valence-corrected chi connectivity index (χ4v) is 3.55. The lowest BCUT2D eigenvalue weighted by atomic mass is 10.2. The van der Waals surface area contributed by atoms with E-state index in [4.69, 9.17) is 62.4 Å². The molecule has 0 unspecified atom stereocenters. The second-order valence-corrected chi connectivity index (χ2v) is 7.80. The molecule has 3 aromatic rings. The lowest BCUT2D eigenvalue weighted by molar-refractivity contribution is 0.0723. The summed E-state index contributed by atoms with van der Waals surface area (Å²) in [4.78, 5) is 18.5. The zero-order valence-electron chi connectivity index (χ0n) is 14.9. The molecule has 0 fully saturated rings. The van der Waals surface area contributed by atoms with Gasteiger partial charge in [-0.05, 0) is 18.6 Å². The number of hydrogen-bond acceptors (Lipinski definition) is 5. The number of carbonyl (C=O) groups is 1. The fraction of sp³-hybridized carbons (Fsp3) is 0.222. The molecule has 0 spiro atoms. The molecule has 29 heavy (non-hydrogen) atoms.